The lowest BCUT2D eigenvalue weighted by Gasteiger charge is -2.11. The number of rotatable bonds is 2. The fraction of sp³-hybridized carbons (Fsp3) is 0.0769. The highest BCUT2D eigenvalue weighted by atomic mass is 19.2. The third-order valence-corrected chi connectivity index (χ3v) is 2.48. The zero-order valence-electron chi connectivity index (χ0n) is 9.68. The molecule has 19 heavy (non-hydrogen) atoms. The molecule has 0 saturated carbocycles. The third-order valence-electron chi connectivity index (χ3n) is 2.48. The van der Waals surface area contributed by atoms with Crippen molar-refractivity contribution in [3.05, 3.63) is 53.1 Å². The minimum atomic E-state index is -1.63. The molecule has 2 aromatic rings. The van der Waals surface area contributed by atoms with E-state index in [1.807, 2.05) is 0 Å². The molecule has 0 fully saturated rings. The van der Waals surface area contributed by atoms with Gasteiger partial charge in [-0.2, -0.15) is 8.78 Å². The molecule has 0 aliphatic carbocycles. The van der Waals surface area contributed by atoms with E-state index in [4.69, 9.17) is 9.84 Å². The standard InChI is InChI=1S/C13H8F4O2/c1-6-9(14)11(16)13(12(17)10(6)15)19-8-4-2-3-7(18)5-8/h2-5,18H,1H3. The van der Waals surface area contributed by atoms with Crippen LogP contribution in [0.1, 0.15) is 5.56 Å². The van der Waals surface area contributed by atoms with Crippen molar-refractivity contribution in [1.29, 1.82) is 0 Å². The lowest BCUT2D eigenvalue weighted by molar-refractivity contribution is 0.361. The summed E-state index contributed by atoms with van der Waals surface area (Å²) < 4.78 is 58.4. The fourth-order valence-electron chi connectivity index (χ4n) is 1.48. The summed E-state index contributed by atoms with van der Waals surface area (Å²) in [5.41, 5.74) is -0.766. The first-order valence-electron chi connectivity index (χ1n) is 5.21. The number of hydrogen-bond acceptors (Lipinski definition) is 2. The van der Waals surface area contributed by atoms with Crippen molar-refractivity contribution in [2.24, 2.45) is 0 Å². The average molecular weight is 272 g/mol. The van der Waals surface area contributed by atoms with Crippen molar-refractivity contribution in [1.82, 2.24) is 0 Å². The van der Waals surface area contributed by atoms with Gasteiger partial charge in [-0.1, -0.05) is 6.07 Å². The maximum Gasteiger partial charge on any atom is 0.204 e. The van der Waals surface area contributed by atoms with Crippen molar-refractivity contribution < 1.29 is 27.4 Å². The molecule has 0 saturated heterocycles. The molecule has 100 valence electrons. The van der Waals surface area contributed by atoms with Crippen molar-refractivity contribution in [2.75, 3.05) is 0 Å². The molecule has 0 bridgehead atoms. The van der Waals surface area contributed by atoms with Gasteiger partial charge in [0, 0.05) is 11.6 Å². The summed E-state index contributed by atoms with van der Waals surface area (Å²) in [6.45, 7) is 0.912. The van der Waals surface area contributed by atoms with E-state index in [0.717, 1.165) is 13.0 Å². The first kappa shape index (κ1) is 13.2. The first-order valence-corrected chi connectivity index (χ1v) is 5.21. The van der Waals surface area contributed by atoms with Crippen LogP contribution in [0, 0.1) is 30.2 Å². The highest BCUT2D eigenvalue weighted by molar-refractivity contribution is 5.39. The molecule has 0 heterocycles. The smallest absolute Gasteiger partial charge is 0.204 e. The summed E-state index contributed by atoms with van der Waals surface area (Å²) in [6.07, 6.45) is 0. The zero-order chi connectivity index (χ0) is 14.2. The van der Waals surface area contributed by atoms with E-state index in [9.17, 15) is 17.6 Å². The second-order valence-corrected chi connectivity index (χ2v) is 3.81. The molecule has 6 heteroatoms. The molecule has 2 rings (SSSR count). The number of ether oxygens (including phenoxy) is 1. The van der Waals surface area contributed by atoms with Gasteiger partial charge in [-0.15, -0.1) is 0 Å². The van der Waals surface area contributed by atoms with Crippen LogP contribution in [0.25, 0.3) is 0 Å². The normalized spacial score (nSPS) is 10.6. The van der Waals surface area contributed by atoms with E-state index in [1.165, 1.54) is 18.2 Å². The zero-order valence-corrected chi connectivity index (χ0v) is 9.68. The van der Waals surface area contributed by atoms with Crippen LogP contribution in [0.15, 0.2) is 24.3 Å². The van der Waals surface area contributed by atoms with E-state index in [-0.39, 0.29) is 11.5 Å². The van der Waals surface area contributed by atoms with Crippen LogP contribution in [0.2, 0.25) is 0 Å². The van der Waals surface area contributed by atoms with Gasteiger partial charge in [0.05, 0.1) is 0 Å². The van der Waals surface area contributed by atoms with E-state index < -0.39 is 34.6 Å². The Labute approximate surface area is 105 Å². The lowest BCUT2D eigenvalue weighted by atomic mass is 10.2. The van der Waals surface area contributed by atoms with Gasteiger partial charge in [0.1, 0.15) is 11.5 Å². The van der Waals surface area contributed by atoms with Crippen LogP contribution < -0.4 is 4.74 Å². The Bertz CT molecular complexity index is 612. The van der Waals surface area contributed by atoms with Gasteiger partial charge >= 0.3 is 0 Å². The molecule has 2 nitrogen and oxygen atoms in total. The molecule has 2 aromatic carbocycles. The van der Waals surface area contributed by atoms with Crippen LogP contribution in [0.4, 0.5) is 17.6 Å². The van der Waals surface area contributed by atoms with Crippen molar-refractivity contribution in [2.45, 2.75) is 6.92 Å². The number of aromatic hydroxyl groups is 1. The van der Waals surface area contributed by atoms with Crippen LogP contribution in [0.5, 0.6) is 17.2 Å². The van der Waals surface area contributed by atoms with E-state index in [1.54, 1.807) is 0 Å². The van der Waals surface area contributed by atoms with E-state index in [0.29, 0.717) is 0 Å². The van der Waals surface area contributed by atoms with Crippen LogP contribution in [0.3, 0.4) is 0 Å². The van der Waals surface area contributed by atoms with Gasteiger partial charge in [-0.05, 0) is 19.1 Å². The quantitative estimate of drug-likeness (QED) is 0.660. The topological polar surface area (TPSA) is 29.5 Å². The number of halogens is 4. The Morgan fingerprint density at radius 2 is 1.53 bits per heavy atom. The number of benzene rings is 2. The molecule has 0 unspecified atom stereocenters. The average Bonchev–Trinajstić information content (AvgIpc) is 2.39. The molecule has 0 spiro atoms. The molecular weight excluding hydrogens is 264 g/mol. The van der Waals surface area contributed by atoms with Crippen LogP contribution in [-0.4, -0.2) is 5.11 Å². The number of phenols is 1. The molecule has 0 atom stereocenters. The predicted molar refractivity (Wildman–Crippen MR) is 59.2 cm³/mol. The molecule has 0 aliphatic rings. The maximum absolute atomic E-state index is 13.5. The van der Waals surface area contributed by atoms with Gasteiger partial charge in [0.2, 0.25) is 17.4 Å². The van der Waals surface area contributed by atoms with E-state index in [2.05, 4.69) is 0 Å². The molecule has 0 aliphatic heterocycles. The molecule has 0 radical (unpaired) electrons. The van der Waals surface area contributed by atoms with Gasteiger partial charge < -0.3 is 9.84 Å². The summed E-state index contributed by atoms with van der Waals surface area (Å²) >= 11 is 0. The van der Waals surface area contributed by atoms with E-state index >= 15 is 0 Å². The second kappa shape index (κ2) is 4.79. The van der Waals surface area contributed by atoms with Crippen molar-refractivity contribution in [3.63, 3.8) is 0 Å². The predicted octanol–water partition coefficient (Wildman–Crippen LogP) is 4.05. The highest BCUT2D eigenvalue weighted by Crippen LogP contribution is 2.33. The van der Waals surface area contributed by atoms with Crippen LogP contribution >= 0.6 is 0 Å². The summed E-state index contributed by atoms with van der Waals surface area (Å²) in [5, 5.41) is 9.17. The summed E-state index contributed by atoms with van der Waals surface area (Å²) in [7, 11) is 0. The van der Waals surface area contributed by atoms with Gasteiger partial charge in [-0.3, -0.25) is 0 Å². The Hall–Kier alpha value is -2.24. The Morgan fingerprint density at radius 3 is 2.05 bits per heavy atom. The van der Waals surface area contributed by atoms with Crippen molar-refractivity contribution >= 4 is 0 Å². The Kier molecular flexibility index (Phi) is 3.33. The second-order valence-electron chi connectivity index (χ2n) is 3.81. The monoisotopic (exact) mass is 272 g/mol. The van der Waals surface area contributed by atoms with Gasteiger partial charge in [0.25, 0.3) is 0 Å². The number of phenolic OH excluding ortho intramolecular Hbond substituents is 1. The van der Waals surface area contributed by atoms with Crippen LogP contribution in [-0.2, 0) is 0 Å². The fourth-order valence-corrected chi connectivity index (χ4v) is 1.48. The maximum atomic E-state index is 13.5. The minimum absolute atomic E-state index is 0.152. The summed E-state index contributed by atoms with van der Waals surface area (Å²) in [4.78, 5) is 0. The SMILES string of the molecule is Cc1c(F)c(F)c(Oc2cccc(O)c2)c(F)c1F. The Balaban J connectivity index is 2.52. The third kappa shape index (κ3) is 2.33. The first-order chi connectivity index (χ1) is 8.91. The van der Waals surface area contributed by atoms with Gasteiger partial charge in [-0.25, -0.2) is 8.78 Å². The van der Waals surface area contributed by atoms with Gasteiger partial charge in [0.15, 0.2) is 11.6 Å². The lowest BCUT2D eigenvalue weighted by Crippen LogP contribution is -2.03. The highest BCUT2D eigenvalue weighted by Gasteiger charge is 2.24. The summed E-state index contributed by atoms with van der Waals surface area (Å²) in [6, 6.07) is 4.97. The van der Waals surface area contributed by atoms with Crippen molar-refractivity contribution in [3.8, 4) is 17.2 Å². The molecule has 0 aromatic heterocycles. The minimum Gasteiger partial charge on any atom is -0.508 e. The molecule has 1 N–H and O–H groups in total. The molecule has 0 amide bonds. The molecular formula is C13H8F4O2. The Morgan fingerprint density at radius 1 is 0.947 bits per heavy atom. The number of hydrogen-bond donors (Lipinski definition) is 1. The summed E-state index contributed by atoms with van der Waals surface area (Å²) in [5.74, 6) is -7.85. The largest absolute Gasteiger partial charge is 0.508 e.